The van der Waals surface area contributed by atoms with Crippen molar-refractivity contribution in [3.63, 3.8) is 0 Å². The summed E-state index contributed by atoms with van der Waals surface area (Å²) in [5.74, 6) is 0. The second-order valence-corrected chi connectivity index (χ2v) is 3.75. The van der Waals surface area contributed by atoms with E-state index in [9.17, 15) is 0 Å². The van der Waals surface area contributed by atoms with Gasteiger partial charge in [0.05, 0.1) is 0 Å². The monoisotopic (exact) mass is 341 g/mol. The van der Waals surface area contributed by atoms with E-state index in [4.69, 9.17) is 0 Å². The summed E-state index contributed by atoms with van der Waals surface area (Å²) in [7, 11) is 0. The molecular formula is C21H33Fe. The number of hydrogen-bond donors (Lipinski definition) is 0. The van der Waals surface area contributed by atoms with Gasteiger partial charge in [-0.25, -0.2) is 36.5 Å². The molecule has 0 spiro atoms. The summed E-state index contributed by atoms with van der Waals surface area (Å²) >= 11 is 0. The molecule has 0 saturated carbocycles. The molecule has 1 heteroatoms. The average Bonchev–Trinajstić information content (AvgIpc) is 2.50. The van der Waals surface area contributed by atoms with Crippen molar-refractivity contribution in [2.45, 2.75) is 60.8 Å². The zero-order valence-electron chi connectivity index (χ0n) is 15.2. The number of rotatable bonds is 6. The van der Waals surface area contributed by atoms with Crippen LogP contribution in [-0.4, -0.2) is 0 Å². The second kappa shape index (κ2) is 36.8. The molecule has 0 fully saturated rings. The molecule has 22 heavy (non-hydrogen) atoms. The Balaban J connectivity index is -0.000000108. The van der Waals surface area contributed by atoms with E-state index < -0.39 is 0 Å². The first-order valence-corrected chi connectivity index (χ1v) is 7.78. The third-order valence-corrected chi connectivity index (χ3v) is 1.83. The fourth-order valence-corrected chi connectivity index (χ4v) is 0.846. The molecule has 0 rings (SSSR count). The molecule has 0 N–H and O–H groups in total. The minimum absolute atomic E-state index is 0. The van der Waals surface area contributed by atoms with Crippen LogP contribution >= 0.6 is 0 Å². The van der Waals surface area contributed by atoms with Crippen LogP contribution in [0.5, 0.6) is 0 Å². The average molecular weight is 341 g/mol. The van der Waals surface area contributed by atoms with Gasteiger partial charge in [-0.15, -0.1) is 19.3 Å². The Morgan fingerprint density at radius 2 is 0.773 bits per heavy atom. The fraction of sp³-hybridized carbons (Fsp3) is 0.429. The van der Waals surface area contributed by atoms with E-state index in [1.807, 2.05) is 75.5 Å². The van der Waals surface area contributed by atoms with Gasteiger partial charge in [-0.3, -0.25) is 18.2 Å². The summed E-state index contributed by atoms with van der Waals surface area (Å²) in [5, 5.41) is 0. The Hall–Kier alpha value is -1.04. The van der Waals surface area contributed by atoms with Gasteiger partial charge in [0.15, 0.2) is 0 Å². The largest absolute Gasteiger partial charge is 3.00 e. The maximum absolute atomic E-state index is 3.04. The van der Waals surface area contributed by atoms with Gasteiger partial charge in [-0.2, -0.15) is 18.2 Å². The molecule has 0 saturated heterocycles. The van der Waals surface area contributed by atoms with Crippen molar-refractivity contribution in [2.75, 3.05) is 0 Å². The van der Waals surface area contributed by atoms with Crippen molar-refractivity contribution in [2.24, 2.45) is 0 Å². The third-order valence-electron chi connectivity index (χ3n) is 1.83. The maximum atomic E-state index is 3.04. The van der Waals surface area contributed by atoms with E-state index in [-0.39, 0.29) is 17.1 Å². The van der Waals surface area contributed by atoms with Crippen molar-refractivity contribution in [3.8, 4) is 0 Å². The van der Waals surface area contributed by atoms with Gasteiger partial charge >= 0.3 is 17.1 Å². The minimum atomic E-state index is 0. The van der Waals surface area contributed by atoms with Crippen LogP contribution in [-0.2, 0) is 17.1 Å². The van der Waals surface area contributed by atoms with E-state index in [1.54, 1.807) is 0 Å². The zero-order chi connectivity index (χ0) is 16.6. The Bertz CT molecular complexity index is 262. The smallest absolute Gasteiger partial charge is 0.276 e. The standard InChI is InChI=1S/3C7H11.Fe/c3*1-3-5-7-6-4-2;/h3*3,5,7H,4H2,1-2H3;/q3*-1;+3. The van der Waals surface area contributed by atoms with E-state index in [0.717, 1.165) is 19.3 Å². The van der Waals surface area contributed by atoms with Crippen LogP contribution in [0.4, 0.5) is 0 Å². The van der Waals surface area contributed by atoms with Crippen LogP contribution in [0, 0.1) is 18.2 Å². The van der Waals surface area contributed by atoms with E-state index in [0.29, 0.717) is 0 Å². The van der Waals surface area contributed by atoms with Gasteiger partial charge in [0.2, 0.25) is 0 Å². The molecule has 0 aliphatic carbocycles. The van der Waals surface area contributed by atoms with E-state index >= 15 is 0 Å². The van der Waals surface area contributed by atoms with Crippen molar-refractivity contribution in [1.29, 1.82) is 0 Å². The van der Waals surface area contributed by atoms with Gasteiger partial charge in [0, 0.05) is 0 Å². The van der Waals surface area contributed by atoms with Crippen LogP contribution in [0.1, 0.15) is 60.8 Å². The summed E-state index contributed by atoms with van der Waals surface area (Å²) < 4.78 is 0. The molecule has 0 atom stereocenters. The topological polar surface area (TPSA) is 0 Å². The van der Waals surface area contributed by atoms with Gasteiger partial charge in [0.25, 0.3) is 0 Å². The molecule has 0 nitrogen and oxygen atoms in total. The molecule has 0 aliphatic heterocycles. The Morgan fingerprint density at radius 3 is 0.909 bits per heavy atom. The first-order valence-electron chi connectivity index (χ1n) is 7.78. The molecule has 0 aliphatic rings. The fourth-order valence-electron chi connectivity index (χ4n) is 0.846. The van der Waals surface area contributed by atoms with Gasteiger partial charge in [-0.1, -0.05) is 41.5 Å². The molecule has 0 heterocycles. The first-order chi connectivity index (χ1) is 10.2. The molecule has 0 aromatic carbocycles. The normalized spacial score (nSPS) is 11.2. The minimum Gasteiger partial charge on any atom is -0.276 e. The quantitative estimate of drug-likeness (QED) is 0.277. The predicted octanol–water partition coefficient (Wildman–Crippen LogP) is 6.99. The van der Waals surface area contributed by atoms with Crippen LogP contribution in [0.3, 0.4) is 0 Å². The first kappa shape index (κ1) is 29.0. The molecule has 1 radical (unpaired) electrons. The molecule has 0 amide bonds. The Kier molecular flexibility index (Phi) is 48.6. The van der Waals surface area contributed by atoms with Gasteiger partial charge in [-0.05, 0) is 0 Å². The summed E-state index contributed by atoms with van der Waals surface area (Å²) in [6.45, 7) is 12.2. The molecule has 0 aromatic heterocycles. The molecule has 0 unspecified atom stereocenters. The van der Waals surface area contributed by atoms with Crippen molar-refractivity contribution in [3.05, 3.63) is 72.9 Å². The summed E-state index contributed by atoms with van der Waals surface area (Å²) in [6, 6.07) is 0. The van der Waals surface area contributed by atoms with Crippen molar-refractivity contribution >= 4 is 0 Å². The summed E-state index contributed by atoms with van der Waals surface area (Å²) in [4.78, 5) is 0. The number of allylic oxidation sites excluding steroid dienone is 12. The SMILES string of the molecule is CC=CC=[C-]CC.CC=CC=[C-]CC.CC=CC=[C-]CC.[Fe+3]. The van der Waals surface area contributed by atoms with Crippen LogP contribution < -0.4 is 0 Å². The predicted molar refractivity (Wildman–Crippen MR) is 98.8 cm³/mol. The van der Waals surface area contributed by atoms with Crippen LogP contribution in [0.15, 0.2) is 54.7 Å². The third kappa shape index (κ3) is 50.9. The summed E-state index contributed by atoms with van der Waals surface area (Å²) in [6.07, 6.45) is 29.8. The molecular weight excluding hydrogens is 308 g/mol. The van der Waals surface area contributed by atoms with Crippen LogP contribution in [0.25, 0.3) is 0 Å². The van der Waals surface area contributed by atoms with Crippen molar-refractivity contribution in [1.82, 2.24) is 0 Å². The zero-order valence-corrected chi connectivity index (χ0v) is 16.3. The maximum Gasteiger partial charge on any atom is 3.00 e. The van der Waals surface area contributed by atoms with Crippen LogP contribution in [0.2, 0.25) is 0 Å². The molecule has 125 valence electrons. The van der Waals surface area contributed by atoms with Gasteiger partial charge in [0.1, 0.15) is 0 Å². The summed E-state index contributed by atoms with van der Waals surface area (Å²) in [5.41, 5.74) is 0. The van der Waals surface area contributed by atoms with E-state index in [2.05, 4.69) is 39.0 Å². The van der Waals surface area contributed by atoms with Crippen molar-refractivity contribution < 1.29 is 17.1 Å². The Labute approximate surface area is 151 Å². The molecule has 0 bridgehead atoms. The Morgan fingerprint density at radius 1 is 0.545 bits per heavy atom. The number of hydrogen-bond acceptors (Lipinski definition) is 0. The molecule has 0 aromatic rings. The van der Waals surface area contributed by atoms with Gasteiger partial charge < -0.3 is 0 Å². The van der Waals surface area contributed by atoms with E-state index in [1.165, 1.54) is 0 Å². The second-order valence-electron chi connectivity index (χ2n) is 3.75.